The molecular formula is C18H18BrN3O. The molecule has 1 aromatic heterocycles. The number of aromatic nitrogens is 2. The van der Waals surface area contributed by atoms with Crippen LogP contribution in [0.1, 0.15) is 5.56 Å². The molecule has 0 atom stereocenters. The summed E-state index contributed by atoms with van der Waals surface area (Å²) in [5.41, 5.74) is 9.79. The van der Waals surface area contributed by atoms with Crippen molar-refractivity contribution in [2.75, 3.05) is 12.3 Å². The zero-order chi connectivity index (χ0) is 16.2. The van der Waals surface area contributed by atoms with Crippen LogP contribution in [0.25, 0.3) is 11.3 Å². The second kappa shape index (κ2) is 6.87. The van der Waals surface area contributed by atoms with Crippen molar-refractivity contribution in [3.05, 3.63) is 64.8 Å². The molecule has 0 radical (unpaired) electrons. The lowest BCUT2D eigenvalue weighted by Crippen LogP contribution is -2.04. The first kappa shape index (κ1) is 15.6. The van der Waals surface area contributed by atoms with Crippen molar-refractivity contribution in [2.24, 2.45) is 7.05 Å². The Balaban J connectivity index is 1.82. The van der Waals surface area contributed by atoms with Crippen LogP contribution in [0.4, 0.5) is 5.69 Å². The Hall–Kier alpha value is -2.27. The minimum absolute atomic E-state index is 0.608. The number of hydrogen-bond donors (Lipinski definition) is 1. The largest absolute Gasteiger partial charge is 0.493 e. The molecule has 4 nitrogen and oxygen atoms in total. The zero-order valence-electron chi connectivity index (χ0n) is 12.9. The Bertz CT molecular complexity index is 780. The number of nitrogen functional groups attached to an aromatic ring is 1. The zero-order valence-corrected chi connectivity index (χ0v) is 14.5. The van der Waals surface area contributed by atoms with Gasteiger partial charge in [-0.25, -0.2) is 0 Å². The van der Waals surface area contributed by atoms with Gasteiger partial charge in [-0.1, -0.05) is 30.3 Å². The van der Waals surface area contributed by atoms with E-state index < -0.39 is 0 Å². The van der Waals surface area contributed by atoms with Gasteiger partial charge in [0.2, 0.25) is 0 Å². The topological polar surface area (TPSA) is 53.1 Å². The number of aryl methyl sites for hydroxylation is 1. The van der Waals surface area contributed by atoms with Gasteiger partial charge in [0.05, 0.1) is 23.0 Å². The molecule has 3 rings (SSSR count). The Kier molecular flexibility index (Phi) is 4.67. The van der Waals surface area contributed by atoms with Crippen LogP contribution in [0.3, 0.4) is 0 Å². The lowest BCUT2D eigenvalue weighted by molar-refractivity contribution is 0.323. The summed E-state index contributed by atoms with van der Waals surface area (Å²) in [4.78, 5) is 0. The molecule has 1 heterocycles. The minimum atomic E-state index is 0.608. The highest BCUT2D eigenvalue weighted by Gasteiger charge is 2.14. The predicted octanol–water partition coefficient (Wildman–Crippen LogP) is 4.05. The highest BCUT2D eigenvalue weighted by Crippen LogP contribution is 2.36. The van der Waals surface area contributed by atoms with Gasteiger partial charge in [0, 0.05) is 24.7 Å². The number of halogens is 1. The van der Waals surface area contributed by atoms with Crippen LogP contribution in [0.5, 0.6) is 5.75 Å². The van der Waals surface area contributed by atoms with Gasteiger partial charge >= 0.3 is 0 Å². The standard InChI is InChI=1S/C18H18BrN3O/c1-22-18(16(19)12-21-22)15-11-14(20)7-8-17(15)23-10-9-13-5-3-2-4-6-13/h2-8,11-12H,9-10,20H2,1H3. The van der Waals surface area contributed by atoms with Crippen molar-refractivity contribution >= 4 is 21.6 Å². The Morgan fingerprint density at radius 1 is 1.17 bits per heavy atom. The maximum absolute atomic E-state index is 6.01. The van der Waals surface area contributed by atoms with E-state index >= 15 is 0 Å². The fourth-order valence-corrected chi connectivity index (χ4v) is 3.06. The molecule has 0 aliphatic heterocycles. The third-order valence-corrected chi connectivity index (χ3v) is 4.22. The quantitative estimate of drug-likeness (QED) is 0.688. The van der Waals surface area contributed by atoms with E-state index in [1.54, 1.807) is 6.20 Å². The number of hydrogen-bond acceptors (Lipinski definition) is 3. The van der Waals surface area contributed by atoms with Gasteiger partial charge in [-0.05, 0) is 39.7 Å². The van der Waals surface area contributed by atoms with Crippen molar-refractivity contribution < 1.29 is 4.74 Å². The number of nitrogens with zero attached hydrogens (tertiary/aromatic N) is 2. The number of anilines is 1. The van der Waals surface area contributed by atoms with E-state index in [2.05, 4.69) is 33.2 Å². The first-order valence-electron chi connectivity index (χ1n) is 7.39. The third kappa shape index (κ3) is 3.56. The molecule has 0 amide bonds. The van der Waals surface area contributed by atoms with Crippen molar-refractivity contribution in [1.82, 2.24) is 9.78 Å². The van der Waals surface area contributed by atoms with Crippen molar-refractivity contribution in [2.45, 2.75) is 6.42 Å². The first-order chi connectivity index (χ1) is 11.1. The van der Waals surface area contributed by atoms with E-state index in [0.717, 1.165) is 27.9 Å². The van der Waals surface area contributed by atoms with Gasteiger partial charge in [0.15, 0.2) is 0 Å². The second-order valence-electron chi connectivity index (χ2n) is 5.30. The monoisotopic (exact) mass is 371 g/mol. The van der Waals surface area contributed by atoms with Crippen LogP contribution in [-0.2, 0) is 13.5 Å². The Morgan fingerprint density at radius 3 is 2.65 bits per heavy atom. The molecule has 5 heteroatoms. The molecule has 118 valence electrons. The van der Waals surface area contributed by atoms with Gasteiger partial charge in [0.1, 0.15) is 5.75 Å². The van der Waals surface area contributed by atoms with Crippen LogP contribution in [0, 0.1) is 0 Å². The fourth-order valence-electron chi connectivity index (χ4n) is 2.50. The summed E-state index contributed by atoms with van der Waals surface area (Å²) in [6.07, 6.45) is 2.63. The van der Waals surface area contributed by atoms with E-state index in [1.165, 1.54) is 5.56 Å². The average molecular weight is 372 g/mol. The molecular weight excluding hydrogens is 354 g/mol. The number of ether oxygens (including phenoxy) is 1. The molecule has 0 fully saturated rings. The predicted molar refractivity (Wildman–Crippen MR) is 96.4 cm³/mol. The van der Waals surface area contributed by atoms with Crippen LogP contribution in [0.15, 0.2) is 59.2 Å². The van der Waals surface area contributed by atoms with Crippen LogP contribution >= 0.6 is 15.9 Å². The van der Waals surface area contributed by atoms with E-state index in [1.807, 2.05) is 48.1 Å². The minimum Gasteiger partial charge on any atom is -0.493 e. The van der Waals surface area contributed by atoms with Gasteiger partial charge in [-0.3, -0.25) is 4.68 Å². The smallest absolute Gasteiger partial charge is 0.128 e. The molecule has 23 heavy (non-hydrogen) atoms. The number of benzene rings is 2. The van der Waals surface area contributed by atoms with E-state index in [4.69, 9.17) is 10.5 Å². The number of rotatable bonds is 5. The Morgan fingerprint density at radius 2 is 1.96 bits per heavy atom. The van der Waals surface area contributed by atoms with Crippen molar-refractivity contribution in [3.63, 3.8) is 0 Å². The van der Waals surface area contributed by atoms with Crippen LogP contribution in [0.2, 0.25) is 0 Å². The highest BCUT2D eigenvalue weighted by atomic mass is 79.9. The summed E-state index contributed by atoms with van der Waals surface area (Å²) >= 11 is 3.54. The maximum atomic E-state index is 6.01. The summed E-state index contributed by atoms with van der Waals surface area (Å²) in [6, 6.07) is 16.0. The van der Waals surface area contributed by atoms with E-state index in [0.29, 0.717) is 12.3 Å². The van der Waals surface area contributed by atoms with Gasteiger partial charge < -0.3 is 10.5 Å². The molecule has 3 aromatic rings. The van der Waals surface area contributed by atoms with Gasteiger partial charge in [-0.15, -0.1) is 0 Å². The van der Waals surface area contributed by atoms with Crippen molar-refractivity contribution in [3.8, 4) is 17.0 Å². The molecule has 2 aromatic carbocycles. The van der Waals surface area contributed by atoms with E-state index in [-0.39, 0.29) is 0 Å². The lowest BCUT2D eigenvalue weighted by Gasteiger charge is -2.13. The summed E-state index contributed by atoms with van der Waals surface area (Å²) in [5.74, 6) is 0.805. The molecule has 0 saturated heterocycles. The van der Waals surface area contributed by atoms with Gasteiger partial charge in [0.25, 0.3) is 0 Å². The molecule has 0 unspecified atom stereocenters. The first-order valence-corrected chi connectivity index (χ1v) is 8.18. The normalized spacial score (nSPS) is 10.7. The fraction of sp³-hybridized carbons (Fsp3) is 0.167. The number of nitrogens with two attached hydrogens (primary N) is 1. The highest BCUT2D eigenvalue weighted by molar-refractivity contribution is 9.10. The molecule has 0 bridgehead atoms. The third-order valence-electron chi connectivity index (χ3n) is 3.64. The maximum Gasteiger partial charge on any atom is 0.128 e. The molecule has 0 saturated carbocycles. The molecule has 0 spiro atoms. The molecule has 0 aliphatic rings. The average Bonchev–Trinajstić information content (AvgIpc) is 2.89. The summed E-state index contributed by atoms with van der Waals surface area (Å²) in [6.45, 7) is 0.608. The van der Waals surface area contributed by atoms with Gasteiger partial charge in [-0.2, -0.15) is 5.10 Å². The summed E-state index contributed by atoms with van der Waals surface area (Å²) in [5, 5.41) is 4.26. The van der Waals surface area contributed by atoms with Crippen LogP contribution in [-0.4, -0.2) is 16.4 Å². The second-order valence-corrected chi connectivity index (χ2v) is 6.16. The lowest BCUT2D eigenvalue weighted by atomic mass is 10.1. The van der Waals surface area contributed by atoms with Crippen LogP contribution < -0.4 is 10.5 Å². The van der Waals surface area contributed by atoms with Crippen molar-refractivity contribution in [1.29, 1.82) is 0 Å². The SMILES string of the molecule is Cn1ncc(Br)c1-c1cc(N)ccc1OCCc1ccccc1. The summed E-state index contributed by atoms with van der Waals surface area (Å²) in [7, 11) is 1.90. The molecule has 2 N–H and O–H groups in total. The Labute approximate surface area is 144 Å². The summed E-state index contributed by atoms with van der Waals surface area (Å²) < 4.78 is 8.74. The van der Waals surface area contributed by atoms with E-state index in [9.17, 15) is 0 Å². The molecule has 0 aliphatic carbocycles.